The number of hydrogen-bond acceptors (Lipinski definition) is 3. The predicted molar refractivity (Wildman–Crippen MR) is 117 cm³/mol. The first-order valence-corrected chi connectivity index (χ1v) is 11.2. The third-order valence-electron chi connectivity index (χ3n) is 6.33. The van der Waals surface area contributed by atoms with E-state index in [4.69, 9.17) is 0 Å². The number of aromatic hydroxyl groups is 1. The van der Waals surface area contributed by atoms with Crippen LogP contribution < -0.4 is 0 Å². The van der Waals surface area contributed by atoms with E-state index in [9.17, 15) is 15.3 Å². The van der Waals surface area contributed by atoms with E-state index in [1.54, 1.807) is 0 Å². The first kappa shape index (κ1) is 23.0. The highest BCUT2D eigenvalue weighted by molar-refractivity contribution is 5.44. The first-order chi connectivity index (χ1) is 13.4. The summed E-state index contributed by atoms with van der Waals surface area (Å²) < 4.78 is 0. The van der Waals surface area contributed by atoms with E-state index in [1.165, 1.54) is 36.8 Å². The van der Waals surface area contributed by atoms with Crippen molar-refractivity contribution < 1.29 is 15.3 Å². The number of hydrogen-bond donors (Lipinski definition) is 3. The number of benzene rings is 1. The van der Waals surface area contributed by atoms with Crippen molar-refractivity contribution in [2.24, 2.45) is 0 Å². The molecule has 1 aromatic rings. The Morgan fingerprint density at radius 1 is 1.11 bits per heavy atom. The van der Waals surface area contributed by atoms with Crippen molar-refractivity contribution in [2.45, 2.75) is 102 Å². The number of aliphatic hydroxyl groups excluding tert-OH is 2. The molecular weight excluding hydrogens is 348 g/mol. The van der Waals surface area contributed by atoms with Crippen LogP contribution in [0.5, 0.6) is 5.75 Å². The molecule has 2 rings (SSSR count). The molecule has 2 atom stereocenters. The molecule has 28 heavy (non-hydrogen) atoms. The lowest BCUT2D eigenvalue weighted by Crippen LogP contribution is -2.18. The molecule has 0 spiro atoms. The Morgan fingerprint density at radius 3 is 2.57 bits per heavy atom. The second-order valence-corrected chi connectivity index (χ2v) is 9.09. The van der Waals surface area contributed by atoms with E-state index in [-0.39, 0.29) is 24.0 Å². The minimum atomic E-state index is -0.345. The molecule has 0 saturated carbocycles. The molecule has 3 heteroatoms. The minimum Gasteiger partial charge on any atom is -0.508 e. The van der Waals surface area contributed by atoms with Gasteiger partial charge < -0.3 is 15.3 Å². The number of phenols is 1. The van der Waals surface area contributed by atoms with Gasteiger partial charge in [-0.25, -0.2) is 0 Å². The Bertz CT molecular complexity index is 633. The molecule has 0 fully saturated rings. The summed E-state index contributed by atoms with van der Waals surface area (Å²) in [6.45, 7) is 6.92. The highest BCUT2D eigenvalue weighted by atomic mass is 16.3. The van der Waals surface area contributed by atoms with Gasteiger partial charge in [0.15, 0.2) is 0 Å². The number of unbranched alkanes of at least 4 members (excludes halogenated alkanes) is 3. The largest absolute Gasteiger partial charge is 0.508 e. The van der Waals surface area contributed by atoms with Crippen LogP contribution >= 0.6 is 0 Å². The van der Waals surface area contributed by atoms with Gasteiger partial charge in [0.1, 0.15) is 5.75 Å². The van der Waals surface area contributed by atoms with Crippen LogP contribution in [-0.4, -0.2) is 28.0 Å². The van der Waals surface area contributed by atoms with Crippen molar-refractivity contribution in [2.75, 3.05) is 6.61 Å². The van der Waals surface area contributed by atoms with Gasteiger partial charge in [-0.1, -0.05) is 70.2 Å². The molecule has 0 aliphatic heterocycles. The Kier molecular flexibility index (Phi) is 9.04. The van der Waals surface area contributed by atoms with Crippen LogP contribution in [0.15, 0.2) is 29.8 Å². The van der Waals surface area contributed by atoms with Crippen molar-refractivity contribution >= 4 is 0 Å². The molecule has 0 heterocycles. The zero-order valence-corrected chi connectivity index (χ0v) is 18.1. The third kappa shape index (κ3) is 6.35. The monoisotopic (exact) mass is 388 g/mol. The molecule has 0 unspecified atom stereocenters. The molecule has 158 valence electrons. The fraction of sp³-hybridized carbons (Fsp3) is 0.680. The van der Waals surface area contributed by atoms with Crippen molar-refractivity contribution in [3.63, 3.8) is 0 Å². The van der Waals surface area contributed by atoms with E-state index < -0.39 is 0 Å². The Hall–Kier alpha value is -1.32. The maximum absolute atomic E-state index is 10.9. The second-order valence-electron chi connectivity index (χ2n) is 9.09. The molecule has 0 amide bonds. The summed E-state index contributed by atoms with van der Waals surface area (Å²) in [4.78, 5) is 0. The first-order valence-electron chi connectivity index (χ1n) is 11.2. The van der Waals surface area contributed by atoms with Crippen LogP contribution in [0.4, 0.5) is 0 Å². The molecule has 1 aliphatic rings. The van der Waals surface area contributed by atoms with Crippen molar-refractivity contribution in [3.8, 4) is 5.75 Å². The SMILES string of the molecule is CCCCCCC(C)(C)c1ccc([C@@H]2C[C@H](O)CCC=C2CCCO)c(O)c1. The van der Waals surface area contributed by atoms with Gasteiger partial charge in [0.2, 0.25) is 0 Å². The van der Waals surface area contributed by atoms with Gasteiger partial charge in [0.25, 0.3) is 0 Å². The van der Waals surface area contributed by atoms with E-state index >= 15 is 0 Å². The maximum atomic E-state index is 10.9. The van der Waals surface area contributed by atoms with Gasteiger partial charge >= 0.3 is 0 Å². The normalized spacial score (nSPS) is 20.7. The highest BCUT2D eigenvalue weighted by Crippen LogP contribution is 2.41. The summed E-state index contributed by atoms with van der Waals surface area (Å²) in [5.74, 6) is 0.374. The molecule has 0 aromatic heterocycles. The quantitative estimate of drug-likeness (QED) is 0.342. The summed E-state index contributed by atoms with van der Waals surface area (Å²) in [6, 6.07) is 6.17. The topological polar surface area (TPSA) is 60.7 Å². The average molecular weight is 389 g/mol. The van der Waals surface area contributed by atoms with Crippen molar-refractivity contribution in [3.05, 3.63) is 41.0 Å². The fourth-order valence-electron chi connectivity index (χ4n) is 4.43. The lowest BCUT2D eigenvalue weighted by Gasteiger charge is -2.28. The lowest BCUT2D eigenvalue weighted by atomic mass is 9.78. The summed E-state index contributed by atoms with van der Waals surface area (Å²) in [6.07, 6.45) is 11.8. The van der Waals surface area contributed by atoms with Crippen LogP contribution in [-0.2, 0) is 5.41 Å². The molecule has 1 aliphatic carbocycles. The van der Waals surface area contributed by atoms with Gasteiger partial charge in [-0.15, -0.1) is 0 Å². The third-order valence-corrected chi connectivity index (χ3v) is 6.33. The summed E-state index contributed by atoms with van der Waals surface area (Å²) in [7, 11) is 0. The Labute approximate surface area is 171 Å². The predicted octanol–water partition coefficient (Wildman–Crippen LogP) is 5.97. The maximum Gasteiger partial charge on any atom is 0.119 e. The average Bonchev–Trinajstić information content (AvgIpc) is 2.84. The molecule has 1 aromatic carbocycles. The molecule has 3 N–H and O–H groups in total. The van der Waals surface area contributed by atoms with Gasteiger partial charge in [-0.05, 0) is 55.6 Å². The number of rotatable bonds is 10. The van der Waals surface area contributed by atoms with Gasteiger partial charge in [-0.2, -0.15) is 0 Å². The smallest absolute Gasteiger partial charge is 0.119 e. The summed E-state index contributed by atoms with van der Waals surface area (Å²) in [5, 5.41) is 30.4. The standard InChI is InChI=1S/C25H40O3/c1-4-5-6-7-15-25(2,3)20-13-14-22(24(28)17-20)23-18-21(27)12-8-10-19(23)11-9-16-26/h10,13-14,17,21,23,26-28H,4-9,11-12,15-16,18H2,1-3H3/t21-,23-/m1/s1. The minimum absolute atomic E-state index is 0.0331. The molecule has 3 nitrogen and oxygen atoms in total. The zero-order chi connectivity index (χ0) is 20.6. The number of allylic oxidation sites excluding steroid dienone is 2. The number of aliphatic hydroxyl groups is 2. The van der Waals surface area contributed by atoms with Gasteiger partial charge in [-0.3, -0.25) is 0 Å². The summed E-state index contributed by atoms with van der Waals surface area (Å²) >= 11 is 0. The Balaban J connectivity index is 2.20. The second kappa shape index (κ2) is 11.0. The molecular formula is C25H40O3. The van der Waals surface area contributed by atoms with Crippen LogP contribution in [0.3, 0.4) is 0 Å². The van der Waals surface area contributed by atoms with E-state index in [1.807, 2.05) is 6.07 Å². The molecule has 0 radical (unpaired) electrons. The lowest BCUT2D eigenvalue weighted by molar-refractivity contribution is 0.152. The van der Waals surface area contributed by atoms with E-state index in [0.29, 0.717) is 12.2 Å². The fourth-order valence-corrected chi connectivity index (χ4v) is 4.43. The van der Waals surface area contributed by atoms with Crippen molar-refractivity contribution in [1.82, 2.24) is 0 Å². The van der Waals surface area contributed by atoms with Gasteiger partial charge in [0.05, 0.1) is 6.10 Å². The van der Waals surface area contributed by atoms with Crippen molar-refractivity contribution in [1.29, 1.82) is 0 Å². The summed E-state index contributed by atoms with van der Waals surface area (Å²) in [5.41, 5.74) is 3.38. The van der Waals surface area contributed by atoms with E-state index in [2.05, 4.69) is 39.0 Å². The molecule has 0 bridgehead atoms. The van der Waals surface area contributed by atoms with Crippen LogP contribution in [0.1, 0.15) is 102 Å². The number of phenolic OH excluding ortho intramolecular Hbond substituents is 1. The zero-order valence-electron chi connectivity index (χ0n) is 18.1. The van der Waals surface area contributed by atoms with Gasteiger partial charge in [0, 0.05) is 18.1 Å². The van der Waals surface area contributed by atoms with Crippen LogP contribution in [0.2, 0.25) is 0 Å². The Morgan fingerprint density at radius 2 is 1.89 bits per heavy atom. The van der Waals surface area contributed by atoms with E-state index in [0.717, 1.165) is 37.7 Å². The highest BCUT2D eigenvalue weighted by Gasteiger charge is 2.27. The molecule has 0 saturated heterocycles. The van der Waals surface area contributed by atoms with Crippen LogP contribution in [0.25, 0.3) is 0 Å². The van der Waals surface area contributed by atoms with Crippen LogP contribution in [0, 0.1) is 0 Å².